The molecule has 2 amide bonds. The molecule has 2 aromatic carbocycles. The molecule has 0 bridgehead atoms. The highest BCUT2D eigenvalue weighted by Crippen LogP contribution is 2.29. The molecule has 0 radical (unpaired) electrons. The molecule has 1 aromatic heterocycles. The van der Waals surface area contributed by atoms with E-state index in [1.807, 2.05) is 0 Å². The van der Waals surface area contributed by atoms with Gasteiger partial charge < -0.3 is 5.32 Å². The minimum absolute atomic E-state index is 0.0197. The van der Waals surface area contributed by atoms with Crippen molar-refractivity contribution >= 4 is 75.4 Å². The van der Waals surface area contributed by atoms with Crippen LogP contribution >= 0.6 is 46.5 Å². The second kappa shape index (κ2) is 11.9. The average molecular weight is 508 g/mol. The molecule has 8 nitrogen and oxygen atoms in total. The van der Waals surface area contributed by atoms with Crippen LogP contribution in [0.15, 0.2) is 57.2 Å². The van der Waals surface area contributed by atoms with Crippen LogP contribution in [0, 0.1) is 0 Å². The smallest absolute Gasteiger partial charge is 0.235 e. The van der Waals surface area contributed by atoms with Gasteiger partial charge in [-0.05, 0) is 48.5 Å². The van der Waals surface area contributed by atoms with Gasteiger partial charge in [0.05, 0.1) is 17.2 Å². The highest BCUT2D eigenvalue weighted by molar-refractivity contribution is 8.03. The first kappa shape index (κ1) is 24.1. The summed E-state index contributed by atoms with van der Waals surface area (Å²) in [5, 5.41) is 11.5. The van der Waals surface area contributed by atoms with E-state index in [9.17, 15) is 14.4 Å². The van der Waals surface area contributed by atoms with Crippen LogP contribution in [0.2, 0.25) is 5.02 Å². The van der Waals surface area contributed by atoms with E-state index in [1.165, 1.54) is 41.8 Å². The highest BCUT2D eigenvalue weighted by Gasteiger charge is 2.12. The molecule has 0 aliphatic carbocycles. The molecule has 0 atom stereocenters. The van der Waals surface area contributed by atoms with Crippen molar-refractivity contribution in [3.05, 3.63) is 59.1 Å². The number of amides is 2. The molecule has 0 spiro atoms. The van der Waals surface area contributed by atoms with Gasteiger partial charge in [0.2, 0.25) is 11.8 Å². The third kappa shape index (κ3) is 7.83. The number of nitrogens with zero attached hydrogens (tertiary/aromatic N) is 2. The van der Waals surface area contributed by atoms with Crippen molar-refractivity contribution in [1.82, 2.24) is 15.6 Å². The minimum atomic E-state index is -0.203. The number of anilines is 2. The molecule has 0 fully saturated rings. The zero-order valence-electron chi connectivity index (χ0n) is 16.8. The molecule has 3 aromatic rings. The first-order valence-electron chi connectivity index (χ1n) is 9.19. The molecule has 0 aliphatic rings. The maximum absolute atomic E-state index is 12.2. The quantitative estimate of drug-likeness (QED) is 0.211. The summed E-state index contributed by atoms with van der Waals surface area (Å²) in [5.41, 5.74) is 7.14. The Balaban J connectivity index is 1.41. The first-order chi connectivity index (χ1) is 15.4. The van der Waals surface area contributed by atoms with Crippen molar-refractivity contribution in [2.45, 2.75) is 15.6 Å². The number of halogens is 1. The fourth-order valence-electron chi connectivity index (χ4n) is 2.28. The van der Waals surface area contributed by atoms with Crippen LogP contribution in [0.5, 0.6) is 0 Å². The normalized spacial score (nSPS) is 10.4. The minimum Gasteiger partial charge on any atom is -0.325 e. The summed E-state index contributed by atoms with van der Waals surface area (Å²) >= 11 is 9.76. The molecule has 166 valence electrons. The zero-order valence-corrected chi connectivity index (χ0v) is 20.0. The van der Waals surface area contributed by atoms with Gasteiger partial charge >= 0.3 is 0 Å². The second-order valence-corrected chi connectivity index (χ2v) is 10.1. The largest absolute Gasteiger partial charge is 0.325 e. The SMILES string of the molecule is CC(=O)NNc1ccc(NC(=O)CSc2nnc(SCC(=O)c3ccc(Cl)cc3)s2)cc1. The lowest BCUT2D eigenvalue weighted by atomic mass is 10.1. The van der Waals surface area contributed by atoms with Crippen LogP contribution in [0.25, 0.3) is 0 Å². The number of Topliss-reactive ketones (excluding diaryl/α,β-unsaturated/α-hetero) is 1. The lowest BCUT2D eigenvalue weighted by Crippen LogP contribution is -2.26. The topological polar surface area (TPSA) is 113 Å². The molecule has 3 N–H and O–H groups in total. The molecule has 0 saturated heterocycles. The molecule has 1 heterocycles. The van der Waals surface area contributed by atoms with Gasteiger partial charge in [-0.3, -0.25) is 25.2 Å². The molecule has 12 heteroatoms. The monoisotopic (exact) mass is 507 g/mol. The number of nitrogens with one attached hydrogen (secondary N) is 3. The van der Waals surface area contributed by atoms with E-state index in [0.29, 0.717) is 30.6 Å². The van der Waals surface area contributed by atoms with E-state index in [4.69, 9.17) is 11.6 Å². The zero-order chi connectivity index (χ0) is 22.9. The lowest BCUT2D eigenvalue weighted by Gasteiger charge is -2.08. The molecular formula is C20H18ClN5O3S3. The standard InChI is InChI=1S/C20H18ClN5O3S3/c1-12(27)23-24-16-8-6-15(7-9-16)22-18(29)11-31-20-26-25-19(32-20)30-10-17(28)13-2-4-14(21)5-3-13/h2-9,24H,10-11H2,1H3,(H,22,29)(H,23,27). The summed E-state index contributed by atoms with van der Waals surface area (Å²) in [6.07, 6.45) is 0. The Labute approximate surface area is 201 Å². The van der Waals surface area contributed by atoms with Crippen molar-refractivity contribution in [3.63, 3.8) is 0 Å². The van der Waals surface area contributed by atoms with Gasteiger partial charge in [-0.2, -0.15) is 0 Å². The Hall–Kier alpha value is -2.60. The molecule has 3 rings (SSSR count). The van der Waals surface area contributed by atoms with Crippen molar-refractivity contribution in [2.75, 3.05) is 22.2 Å². The predicted octanol–water partition coefficient (Wildman–Crippen LogP) is 4.36. The number of ketones is 1. The van der Waals surface area contributed by atoms with Crippen LogP contribution in [-0.4, -0.2) is 39.3 Å². The number of thioether (sulfide) groups is 2. The van der Waals surface area contributed by atoms with Crippen molar-refractivity contribution in [1.29, 1.82) is 0 Å². The van der Waals surface area contributed by atoms with Crippen LogP contribution in [0.1, 0.15) is 17.3 Å². The number of rotatable bonds is 10. The van der Waals surface area contributed by atoms with E-state index in [2.05, 4.69) is 26.4 Å². The van der Waals surface area contributed by atoms with Gasteiger partial charge in [-0.15, -0.1) is 10.2 Å². The number of hydrogen-bond acceptors (Lipinski definition) is 9. The number of carbonyl (C=O) groups excluding carboxylic acids is 3. The predicted molar refractivity (Wildman–Crippen MR) is 130 cm³/mol. The molecule has 0 saturated carbocycles. The van der Waals surface area contributed by atoms with Crippen molar-refractivity contribution in [3.8, 4) is 0 Å². The molecule has 0 aliphatic heterocycles. The second-order valence-electron chi connectivity index (χ2n) is 6.27. The summed E-state index contributed by atoms with van der Waals surface area (Å²) < 4.78 is 1.31. The van der Waals surface area contributed by atoms with Crippen LogP contribution in [-0.2, 0) is 9.59 Å². The van der Waals surface area contributed by atoms with Gasteiger partial charge in [0, 0.05) is 23.2 Å². The molecular weight excluding hydrogens is 490 g/mol. The number of carbonyl (C=O) groups is 3. The summed E-state index contributed by atoms with van der Waals surface area (Å²) in [6.45, 7) is 1.40. The fraction of sp³-hybridized carbons (Fsp3) is 0.150. The van der Waals surface area contributed by atoms with Gasteiger partial charge in [0.15, 0.2) is 14.5 Å². The van der Waals surface area contributed by atoms with Gasteiger partial charge in [0.1, 0.15) is 0 Å². The highest BCUT2D eigenvalue weighted by atomic mass is 35.5. The van der Waals surface area contributed by atoms with Crippen LogP contribution in [0.4, 0.5) is 11.4 Å². The maximum atomic E-state index is 12.2. The van der Waals surface area contributed by atoms with Crippen molar-refractivity contribution < 1.29 is 14.4 Å². The van der Waals surface area contributed by atoms with Gasteiger partial charge in [-0.1, -0.05) is 46.5 Å². The third-order valence-corrected chi connectivity index (χ3v) is 7.20. The van der Waals surface area contributed by atoms with E-state index < -0.39 is 0 Å². The van der Waals surface area contributed by atoms with Gasteiger partial charge in [0.25, 0.3) is 0 Å². The first-order valence-corrected chi connectivity index (χ1v) is 12.4. The average Bonchev–Trinajstić information content (AvgIpc) is 3.24. The summed E-state index contributed by atoms with van der Waals surface area (Å²) in [5.74, 6) is 0.0164. The maximum Gasteiger partial charge on any atom is 0.235 e. The Morgan fingerprint density at radius 2 is 1.50 bits per heavy atom. The number of hydrogen-bond donors (Lipinski definition) is 3. The number of aromatic nitrogens is 2. The Bertz CT molecular complexity index is 1090. The summed E-state index contributed by atoms with van der Waals surface area (Å²) in [4.78, 5) is 35.3. The van der Waals surface area contributed by atoms with Gasteiger partial charge in [-0.25, -0.2) is 0 Å². The Morgan fingerprint density at radius 1 is 0.906 bits per heavy atom. The van der Waals surface area contributed by atoms with E-state index in [-0.39, 0.29) is 29.1 Å². The van der Waals surface area contributed by atoms with E-state index in [0.717, 1.165) is 0 Å². The van der Waals surface area contributed by atoms with Crippen LogP contribution < -0.4 is 16.2 Å². The lowest BCUT2D eigenvalue weighted by molar-refractivity contribution is -0.118. The van der Waals surface area contributed by atoms with Crippen molar-refractivity contribution in [2.24, 2.45) is 0 Å². The van der Waals surface area contributed by atoms with E-state index in [1.54, 1.807) is 48.5 Å². The van der Waals surface area contributed by atoms with E-state index >= 15 is 0 Å². The fourth-order valence-corrected chi connectivity index (χ4v) is 5.12. The third-order valence-electron chi connectivity index (χ3n) is 3.76. The Morgan fingerprint density at radius 3 is 2.12 bits per heavy atom. The number of benzene rings is 2. The molecule has 0 unspecified atom stereocenters. The van der Waals surface area contributed by atoms with Crippen LogP contribution in [0.3, 0.4) is 0 Å². The summed E-state index contributed by atoms with van der Waals surface area (Å²) in [7, 11) is 0. The summed E-state index contributed by atoms with van der Waals surface area (Å²) in [6, 6.07) is 13.7. The Kier molecular flexibility index (Phi) is 8.91. The number of hydrazine groups is 1. The molecule has 32 heavy (non-hydrogen) atoms.